The molecule has 28 heavy (non-hydrogen) atoms. The minimum Gasteiger partial charge on any atom is -0.350 e. The van der Waals surface area contributed by atoms with Gasteiger partial charge in [0.25, 0.3) is 11.8 Å². The van der Waals surface area contributed by atoms with E-state index < -0.39 is 0 Å². The van der Waals surface area contributed by atoms with Gasteiger partial charge >= 0.3 is 0 Å². The summed E-state index contributed by atoms with van der Waals surface area (Å²) in [4.78, 5) is 27.3. The van der Waals surface area contributed by atoms with E-state index in [4.69, 9.17) is 0 Å². The average molecular weight is 400 g/mol. The molecule has 3 heterocycles. The monoisotopic (exact) mass is 400 g/mol. The smallest absolute Gasteiger partial charge is 0.261 e. The summed E-state index contributed by atoms with van der Waals surface area (Å²) in [7, 11) is 0. The van der Waals surface area contributed by atoms with Crippen LogP contribution in [-0.4, -0.2) is 40.9 Å². The third-order valence-electron chi connectivity index (χ3n) is 5.05. The summed E-state index contributed by atoms with van der Waals surface area (Å²) < 4.78 is 13.1. The zero-order valence-corrected chi connectivity index (χ0v) is 16.2. The van der Waals surface area contributed by atoms with Crippen molar-refractivity contribution in [3.63, 3.8) is 0 Å². The summed E-state index contributed by atoms with van der Waals surface area (Å²) in [6, 6.07) is 7.89. The Labute approximate surface area is 166 Å². The van der Waals surface area contributed by atoms with Crippen LogP contribution >= 0.6 is 11.3 Å². The van der Waals surface area contributed by atoms with Crippen LogP contribution in [0.3, 0.4) is 0 Å². The Kier molecular flexibility index (Phi) is 5.15. The quantitative estimate of drug-likeness (QED) is 0.810. The fourth-order valence-electron chi connectivity index (χ4n) is 3.51. The molecule has 2 unspecified atom stereocenters. The van der Waals surface area contributed by atoms with Gasteiger partial charge in [-0.25, -0.2) is 9.82 Å². The van der Waals surface area contributed by atoms with Crippen LogP contribution in [0, 0.1) is 12.7 Å². The van der Waals surface area contributed by atoms with E-state index in [0.717, 1.165) is 11.1 Å². The highest BCUT2D eigenvalue weighted by Gasteiger charge is 2.39. The topological polar surface area (TPSA) is 64.7 Å². The number of hydrazine groups is 1. The van der Waals surface area contributed by atoms with E-state index >= 15 is 0 Å². The van der Waals surface area contributed by atoms with Gasteiger partial charge in [-0.05, 0) is 48.1 Å². The van der Waals surface area contributed by atoms with Crippen LogP contribution in [0.25, 0.3) is 0 Å². The minimum atomic E-state index is -0.310. The molecule has 6 nitrogen and oxygen atoms in total. The molecule has 146 valence electrons. The molecule has 4 rings (SSSR count). The second-order valence-electron chi connectivity index (χ2n) is 6.91. The Morgan fingerprint density at radius 2 is 2.07 bits per heavy atom. The van der Waals surface area contributed by atoms with Gasteiger partial charge in [0.15, 0.2) is 0 Å². The first-order valence-electron chi connectivity index (χ1n) is 9.14. The Balaban J connectivity index is 1.33. The number of hydrogen-bond donors (Lipinski definition) is 2. The molecule has 0 bridgehead atoms. The molecule has 1 saturated heterocycles. The average Bonchev–Trinajstić information content (AvgIpc) is 3.31. The molecule has 0 radical (unpaired) electrons. The molecule has 2 atom stereocenters. The lowest BCUT2D eigenvalue weighted by molar-refractivity contribution is -0.134. The lowest BCUT2D eigenvalue weighted by Gasteiger charge is -2.31. The number of hydrogen-bond acceptors (Lipinski definition) is 5. The van der Waals surface area contributed by atoms with Crippen molar-refractivity contribution in [2.75, 3.05) is 13.1 Å². The van der Waals surface area contributed by atoms with Crippen molar-refractivity contribution in [2.45, 2.75) is 25.4 Å². The zero-order chi connectivity index (χ0) is 19.7. The van der Waals surface area contributed by atoms with Crippen molar-refractivity contribution < 1.29 is 14.0 Å². The molecule has 8 heteroatoms. The van der Waals surface area contributed by atoms with E-state index in [1.54, 1.807) is 28.2 Å². The number of thiophene rings is 1. The van der Waals surface area contributed by atoms with Crippen molar-refractivity contribution in [3.8, 4) is 0 Å². The summed E-state index contributed by atoms with van der Waals surface area (Å²) >= 11 is 1.41. The Morgan fingerprint density at radius 1 is 1.29 bits per heavy atom. The first kappa shape index (κ1) is 18.6. The molecule has 0 spiro atoms. The molecule has 1 aromatic carbocycles. The number of halogens is 1. The van der Waals surface area contributed by atoms with Crippen molar-refractivity contribution >= 4 is 23.2 Å². The fraction of sp³-hybridized carbons (Fsp3) is 0.300. The number of nitrogens with zero attached hydrogens (tertiary/aromatic N) is 2. The second-order valence-corrected chi connectivity index (χ2v) is 7.83. The normalized spacial score (nSPS) is 21.1. The first-order chi connectivity index (χ1) is 13.5. The molecule has 2 amide bonds. The van der Waals surface area contributed by atoms with Crippen molar-refractivity contribution in [2.24, 2.45) is 0 Å². The van der Waals surface area contributed by atoms with Gasteiger partial charge in [-0.1, -0.05) is 12.1 Å². The number of carbonyl (C=O) groups is 2. The van der Waals surface area contributed by atoms with Crippen LogP contribution in [0.4, 0.5) is 4.39 Å². The largest absolute Gasteiger partial charge is 0.350 e. The summed E-state index contributed by atoms with van der Waals surface area (Å²) in [5, 5.41) is 6.57. The number of amides is 2. The maximum Gasteiger partial charge on any atom is 0.261 e. The number of benzene rings is 1. The third-order valence-corrected chi connectivity index (χ3v) is 6.07. The van der Waals surface area contributed by atoms with Crippen LogP contribution in [0.1, 0.15) is 33.3 Å². The van der Waals surface area contributed by atoms with Crippen LogP contribution in [-0.2, 0) is 4.79 Å². The highest BCUT2D eigenvalue weighted by atomic mass is 32.1. The number of fused-ring (bicyclic) bond motifs is 1. The highest BCUT2D eigenvalue weighted by Crippen LogP contribution is 2.30. The predicted molar refractivity (Wildman–Crippen MR) is 105 cm³/mol. The Morgan fingerprint density at radius 3 is 2.79 bits per heavy atom. The number of carbonyl (C=O) groups excluding carboxylic acids is 2. The van der Waals surface area contributed by atoms with E-state index in [9.17, 15) is 14.0 Å². The van der Waals surface area contributed by atoms with Gasteiger partial charge in [-0.3, -0.25) is 9.59 Å². The Bertz CT molecular complexity index is 911. The fourth-order valence-corrected chi connectivity index (χ4v) is 4.35. The summed E-state index contributed by atoms with van der Waals surface area (Å²) in [5.74, 6) is -0.399. The van der Waals surface area contributed by atoms with Crippen LogP contribution < -0.4 is 10.7 Å². The van der Waals surface area contributed by atoms with Gasteiger partial charge in [0.1, 0.15) is 11.9 Å². The van der Waals surface area contributed by atoms with E-state index in [2.05, 4.69) is 10.7 Å². The molecule has 2 N–H and O–H groups in total. The minimum absolute atomic E-state index is 0.0128. The van der Waals surface area contributed by atoms with E-state index in [-0.39, 0.29) is 29.7 Å². The summed E-state index contributed by atoms with van der Waals surface area (Å²) in [5.41, 5.74) is 5.19. The first-order valence-corrected chi connectivity index (χ1v) is 10.0. The van der Waals surface area contributed by atoms with Crippen LogP contribution in [0.15, 0.2) is 48.1 Å². The lowest BCUT2D eigenvalue weighted by Crippen LogP contribution is -2.49. The van der Waals surface area contributed by atoms with E-state index in [1.807, 2.05) is 24.6 Å². The van der Waals surface area contributed by atoms with Gasteiger partial charge in [0.2, 0.25) is 0 Å². The summed E-state index contributed by atoms with van der Waals surface area (Å²) in [6.45, 7) is 2.70. The zero-order valence-electron chi connectivity index (χ0n) is 15.4. The standard InChI is InChI=1S/C20H21FN4O2S/c1-13-6-11-28-18(13)19(26)22-7-8-24-9-10-25-17(20(24)27)12-16(23-25)14-2-4-15(21)5-3-14/h2-6,9-11,16-17,23H,7-8,12H2,1H3,(H,22,26). The molecule has 0 saturated carbocycles. The van der Waals surface area contributed by atoms with Gasteiger partial charge in [0, 0.05) is 25.5 Å². The van der Waals surface area contributed by atoms with Gasteiger partial charge in [-0.2, -0.15) is 0 Å². The third kappa shape index (κ3) is 3.65. The highest BCUT2D eigenvalue weighted by molar-refractivity contribution is 7.12. The molecular formula is C20H21FN4O2S. The van der Waals surface area contributed by atoms with Crippen molar-refractivity contribution in [1.29, 1.82) is 0 Å². The number of rotatable bonds is 5. The lowest BCUT2D eigenvalue weighted by atomic mass is 10.0. The van der Waals surface area contributed by atoms with Crippen molar-refractivity contribution in [3.05, 3.63) is 69.9 Å². The van der Waals surface area contributed by atoms with Gasteiger partial charge in [-0.15, -0.1) is 11.3 Å². The Hall–Kier alpha value is -2.71. The van der Waals surface area contributed by atoms with E-state index in [0.29, 0.717) is 24.4 Å². The molecular weight excluding hydrogens is 379 g/mol. The molecule has 1 aromatic heterocycles. The molecule has 0 aliphatic carbocycles. The second kappa shape index (κ2) is 7.73. The maximum absolute atomic E-state index is 13.1. The van der Waals surface area contributed by atoms with Gasteiger partial charge < -0.3 is 15.2 Å². The number of aryl methyl sites for hydroxylation is 1. The van der Waals surface area contributed by atoms with Crippen LogP contribution in [0.5, 0.6) is 0 Å². The molecule has 1 fully saturated rings. The summed E-state index contributed by atoms with van der Waals surface area (Å²) in [6.07, 6.45) is 4.16. The van der Waals surface area contributed by atoms with Crippen LogP contribution in [0.2, 0.25) is 0 Å². The predicted octanol–water partition coefficient (Wildman–Crippen LogP) is 2.56. The molecule has 2 aliphatic heterocycles. The molecule has 2 aromatic rings. The number of nitrogens with one attached hydrogen (secondary N) is 2. The van der Waals surface area contributed by atoms with Crippen molar-refractivity contribution in [1.82, 2.24) is 20.7 Å². The van der Waals surface area contributed by atoms with E-state index in [1.165, 1.54) is 23.5 Å². The SMILES string of the molecule is Cc1ccsc1C(=O)NCCN1C=CN2NC(c3ccc(F)cc3)CC2C1=O. The molecule has 2 aliphatic rings. The van der Waals surface area contributed by atoms with Gasteiger partial charge in [0.05, 0.1) is 10.9 Å². The maximum atomic E-state index is 13.1.